The molecule has 3 aromatic rings. The molecule has 1 aliphatic rings. The third kappa shape index (κ3) is 3.29. The zero-order valence-electron chi connectivity index (χ0n) is 13.8. The van der Waals surface area contributed by atoms with Gasteiger partial charge >= 0.3 is 0 Å². The molecule has 0 fully saturated rings. The van der Waals surface area contributed by atoms with E-state index in [-0.39, 0.29) is 0 Å². The van der Waals surface area contributed by atoms with E-state index < -0.39 is 0 Å². The Kier molecular flexibility index (Phi) is 4.49. The van der Waals surface area contributed by atoms with Crippen molar-refractivity contribution in [1.82, 2.24) is 0 Å². The van der Waals surface area contributed by atoms with Gasteiger partial charge in [0.15, 0.2) is 0 Å². The van der Waals surface area contributed by atoms with Gasteiger partial charge in [0.25, 0.3) is 0 Å². The standard InChI is InChI=1S/C23H16Br2/c1-15(11-16-5-3-2-4-6-16)12-21-22-13-17(24)7-9-19(22)20-10-8-18(25)14-23(20)21/h2-14H,1H3. The van der Waals surface area contributed by atoms with Gasteiger partial charge in [0.1, 0.15) is 0 Å². The van der Waals surface area contributed by atoms with Crippen molar-refractivity contribution >= 4 is 43.5 Å². The Morgan fingerprint density at radius 3 is 1.84 bits per heavy atom. The molecule has 0 radical (unpaired) electrons. The second-order valence-corrected chi connectivity index (χ2v) is 8.07. The Labute approximate surface area is 165 Å². The topological polar surface area (TPSA) is 0 Å². The summed E-state index contributed by atoms with van der Waals surface area (Å²) >= 11 is 7.24. The van der Waals surface area contributed by atoms with Gasteiger partial charge in [0.05, 0.1) is 0 Å². The van der Waals surface area contributed by atoms with Crippen LogP contribution in [0.2, 0.25) is 0 Å². The van der Waals surface area contributed by atoms with Gasteiger partial charge in [0, 0.05) is 8.95 Å². The molecule has 25 heavy (non-hydrogen) atoms. The van der Waals surface area contributed by atoms with Gasteiger partial charge in [-0.1, -0.05) is 86.5 Å². The zero-order valence-corrected chi connectivity index (χ0v) is 16.9. The Balaban J connectivity index is 1.88. The molecule has 0 spiro atoms. The van der Waals surface area contributed by atoms with E-state index in [1.165, 1.54) is 39.0 Å². The number of allylic oxidation sites excluding steroid dienone is 2. The predicted molar refractivity (Wildman–Crippen MR) is 114 cm³/mol. The second kappa shape index (κ2) is 6.78. The number of halogens is 2. The van der Waals surface area contributed by atoms with E-state index in [9.17, 15) is 0 Å². The Morgan fingerprint density at radius 1 is 0.720 bits per heavy atom. The normalized spacial score (nSPS) is 12.8. The summed E-state index contributed by atoms with van der Waals surface area (Å²) in [5, 5.41) is 0. The smallest absolute Gasteiger partial charge is 0.0181 e. The highest BCUT2D eigenvalue weighted by molar-refractivity contribution is 9.10. The van der Waals surface area contributed by atoms with Crippen LogP contribution in [0.4, 0.5) is 0 Å². The average Bonchev–Trinajstić information content (AvgIpc) is 2.88. The number of hydrogen-bond acceptors (Lipinski definition) is 0. The zero-order chi connectivity index (χ0) is 17.4. The molecule has 0 saturated carbocycles. The lowest BCUT2D eigenvalue weighted by molar-refractivity contribution is 1.52. The van der Waals surface area contributed by atoms with E-state index in [1.807, 2.05) is 6.07 Å². The van der Waals surface area contributed by atoms with Crippen molar-refractivity contribution in [3.63, 3.8) is 0 Å². The van der Waals surface area contributed by atoms with Gasteiger partial charge in [-0.3, -0.25) is 0 Å². The van der Waals surface area contributed by atoms with Crippen molar-refractivity contribution < 1.29 is 0 Å². The molecule has 0 nitrogen and oxygen atoms in total. The highest BCUT2D eigenvalue weighted by Crippen LogP contribution is 2.46. The van der Waals surface area contributed by atoms with Crippen molar-refractivity contribution in [1.29, 1.82) is 0 Å². The largest absolute Gasteiger partial charge is 0.0622 e. The molecule has 4 rings (SSSR count). The first kappa shape index (κ1) is 16.6. The molecule has 0 heterocycles. The minimum Gasteiger partial charge on any atom is -0.0622 e. The maximum absolute atomic E-state index is 3.62. The van der Waals surface area contributed by atoms with E-state index in [0.717, 1.165) is 8.95 Å². The summed E-state index contributed by atoms with van der Waals surface area (Å²) in [5.74, 6) is 0. The van der Waals surface area contributed by atoms with Gasteiger partial charge in [-0.25, -0.2) is 0 Å². The summed E-state index contributed by atoms with van der Waals surface area (Å²) in [6.45, 7) is 2.16. The van der Waals surface area contributed by atoms with Crippen molar-refractivity contribution in [2.45, 2.75) is 6.92 Å². The predicted octanol–water partition coefficient (Wildman–Crippen LogP) is 7.73. The molecular formula is C23H16Br2. The molecule has 3 aromatic carbocycles. The van der Waals surface area contributed by atoms with Crippen LogP contribution in [0.5, 0.6) is 0 Å². The molecule has 0 saturated heterocycles. The fourth-order valence-electron chi connectivity index (χ4n) is 3.33. The van der Waals surface area contributed by atoms with Crippen molar-refractivity contribution in [3.8, 4) is 11.1 Å². The first-order valence-electron chi connectivity index (χ1n) is 8.17. The second-order valence-electron chi connectivity index (χ2n) is 6.24. The van der Waals surface area contributed by atoms with E-state index in [2.05, 4.69) is 112 Å². The van der Waals surface area contributed by atoms with Crippen LogP contribution < -0.4 is 0 Å². The number of rotatable bonds is 2. The fourth-order valence-corrected chi connectivity index (χ4v) is 4.05. The SMILES string of the molecule is CC(=Cc1ccccc1)C=C1c2cc(Br)ccc2-c2ccc(Br)cc21. The average molecular weight is 452 g/mol. The summed E-state index contributed by atoms with van der Waals surface area (Å²) in [7, 11) is 0. The van der Waals surface area contributed by atoms with Crippen LogP contribution >= 0.6 is 31.9 Å². The summed E-state index contributed by atoms with van der Waals surface area (Å²) in [6, 6.07) is 23.5. The van der Waals surface area contributed by atoms with Gasteiger partial charge < -0.3 is 0 Å². The lowest BCUT2D eigenvalue weighted by atomic mass is 10.0. The van der Waals surface area contributed by atoms with Crippen LogP contribution in [0.3, 0.4) is 0 Å². The molecule has 0 bridgehead atoms. The van der Waals surface area contributed by atoms with Crippen molar-refractivity contribution in [2.75, 3.05) is 0 Å². The van der Waals surface area contributed by atoms with Crippen LogP contribution in [-0.2, 0) is 0 Å². The summed E-state index contributed by atoms with van der Waals surface area (Å²) in [5.41, 5.74) is 8.89. The van der Waals surface area contributed by atoms with Gasteiger partial charge in [-0.05, 0) is 70.2 Å². The summed E-state index contributed by atoms with van der Waals surface area (Å²) in [6.07, 6.45) is 4.51. The van der Waals surface area contributed by atoms with Crippen LogP contribution in [0.1, 0.15) is 23.6 Å². The minimum atomic E-state index is 1.11. The lowest BCUT2D eigenvalue weighted by Crippen LogP contribution is -1.84. The van der Waals surface area contributed by atoms with E-state index in [0.29, 0.717) is 0 Å². The Morgan fingerprint density at radius 2 is 1.28 bits per heavy atom. The van der Waals surface area contributed by atoms with Gasteiger partial charge in [0.2, 0.25) is 0 Å². The van der Waals surface area contributed by atoms with Crippen LogP contribution in [0.25, 0.3) is 22.8 Å². The van der Waals surface area contributed by atoms with E-state index in [4.69, 9.17) is 0 Å². The minimum absolute atomic E-state index is 1.11. The molecule has 122 valence electrons. The van der Waals surface area contributed by atoms with Gasteiger partial charge in [-0.2, -0.15) is 0 Å². The quantitative estimate of drug-likeness (QED) is 0.292. The maximum Gasteiger partial charge on any atom is 0.0181 e. The van der Waals surface area contributed by atoms with Crippen LogP contribution in [-0.4, -0.2) is 0 Å². The number of fused-ring (bicyclic) bond motifs is 3. The first-order valence-corrected chi connectivity index (χ1v) is 9.76. The molecule has 0 aromatic heterocycles. The highest BCUT2D eigenvalue weighted by atomic mass is 79.9. The molecular weight excluding hydrogens is 436 g/mol. The molecule has 2 heteroatoms. The number of hydrogen-bond donors (Lipinski definition) is 0. The molecule has 0 unspecified atom stereocenters. The van der Waals surface area contributed by atoms with Crippen molar-refractivity contribution in [3.05, 3.63) is 104 Å². The summed E-state index contributed by atoms with van der Waals surface area (Å²) in [4.78, 5) is 0. The molecule has 0 amide bonds. The molecule has 0 aliphatic heterocycles. The first-order chi connectivity index (χ1) is 12.1. The third-order valence-electron chi connectivity index (χ3n) is 4.40. The molecule has 1 aliphatic carbocycles. The highest BCUT2D eigenvalue weighted by Gasteiger charge is 2.23. The fraction of sp³-hybridized carbons (Fsp3) is 0.0435. The van der Waals surface area contributed by atoms with E-state index >= 15 is 0 Å². The third-order valence-corrected chi connectivity index (χ3v) is 5.39. The van der Waals surface area contributed by atoms with Gasteiger partial charge in [-0.15, -0.1) is 0 Å². The van der Waals surface area contributed by atoms with Crippen LogP contribution in [0.15, 0.2) is 87.3 Å². The maximum atomic E-state index is 3.62. The van der Waals surface area contributed by atoms with Crippen LogP contribution in [0, 0.1) is 0 Å². The lowest BCUT2D eigenvalue weighted by Gasteiger charge is -2.05. The molecule has 0 atom stereocenters. The van der Waals surface area contributed by atoms with E-state index in [1.54, 1.807) is 0 Å². The Bertz CT molecular complexity index is 958. The number of benzene rings is 3. The summed E-state index contributed by atoms with van der Waals surface area (Å²) < 4.78 is 2.21. The Hall–Kier alpha value is -1.90. The molecule has 0 N–H and O–H groups in total. The monoisotopic (exact) mass is 450 g/mol. The van der Waals surface area contributed by atoms with Crippen molar-refractivity contribution in [2.24, 2.45) is 0 Å².